The normalized spacial score (nSPS) is 10.0. The van der Waals surface area contributed by atoms with E-state index >= 15 is 0 Å². The zero-order valence-corrected chi connectivity index (χ0v) is 7.42. The van der Waals surface area contributed by atoms with Crippen molar-refractivity contribution in [3.63, 3.8) is 0 Å². The van der Waals surface area contributed by atoms with Gasteiger partial charge in [-0.2, -0.15) is 0 Å². The predicted octanol–water partition coefficient (Wildman–Crippen LogP) is -2.95. The average Bonchev–Trinajstić information content (AvgIpc) is 1.88. The van der Waals surface area contributed by atoms with Crippen LogP contribution >= 0.6 is 0 Å². The highest BCUT2D eigenvalue weighted by molar-refractivity contribution is 5.72. The molecule has 0 bridgehead atoms. The van der Waals surface area contributed by atoms with Crippen molar-refractivity contribution in [2.75, 3.05) is 6.54 Å². The van der Waals surface area contributed by atoms with E-state index in [4.69, 9.17) is 16.6 Å². The van der Waals surface area contributed by atoms with Crippen LogP contribution in [0.1, 0.15) is 19.3 Å². The van der Waals surface area contributed by atoms with Gasteiger partial charge in [0.1, 0.15) is 6.04 Å². The highest BCUT2D eigenvalue weighted by atomic mass is 16.4. The Labute approximate surface area is 76.6 Å². The first-order valence-electron chi connectivity index (χ1n) is 3.37. The summed E-state index contributed by atoms with van der Waals surface area (Å²) in [7, 11) is 0. The van der Waals surface area contributed by atoms with E-state index in [0.29, 0.717) is 13.0 Å². The van der Waals surface area contributed by atoms with Gasteiger partial charge in [-0.15, -0.1) is 0 Å². The Morgan fingerprint density at radius 1 is 1.23 bits per heavy atom. The van der Waals surface area contributed by atoms with Crippen LogP contribution in [0, 0.1) is 0 Å². The van der Waals surface area contributed by atoms with Gasteiger partial charge in [-0.1, -0.05) is 6.42 Å². The van der Waals surface area contributed by atoms with Gasteiger partial charge in [0.15, 0.2) is 0 Å². The largest absolute Gasteiger partial charge is 0.480 e. The van der Waals surface area contributed by atoms with Crippen LogP contribution in [0.2, 0.25) is 0 Å². The molecule has 1 unspecified atom stereocenters. The molecule has 0 aliphatic carbocycles. The van der Waals surface area contributed by atoms with Crippen LogP contribution in [-0.2, 0) is 4.79 Å². The van der Waals surface area contributed by atoms with Crippen LogP contribution < -0.4 is 11.5 Å². The number of nitrogens with two attached hydrogens (primary N) is 2. The molecule has 0 aliphatic heterocycles. The molecular formula is C6H20N2O5. The molecule has 1 atom stereocenters. The molecule has 0 aromatic carbocycles. The maximum absolute atomic E-state index is 10.1. The topological polar surface area (TPSA) is 184 Å². The molecule has 84 valence electrons. The molecule has 11 N–H and O–H groups in total. The fraction of sp³-hybridized carbons (Fsp3) is 0.833. The second-order valence-corrected chi connectivity index (χ2v) is 2.23. The molecule has 0 aromatic heterocycles. The molecular weight excluding hydrogens is 180 g/mol. The number of unbranched alkanes of at least 4 members (excludes halogenated alkanes) is 1. The smallest absolute Gasteiger partial charge is 0.320 e. The molecule has 0 radical (unpaired) electrons. The van der Waals surface area contributed by atoms with Gasteiger partial charge in [0.05, 0.1) is 0 Å². The molecule has 0 aliphatic rings. The Hall–Kier alpha value is -0.730. The van der Waals surface area contributed by atoms with Crippen molar-refractivity contribution in [3.8, 4) is 0 Å². The summed E-state index contributed by atoms with van der Waals surface area (Å²) >= 11 is 0. The zero-order valence-electron chi connectivity index (χ0n) is 7.42. The van der Waals surface area contributed by atoms with Crippen LogP contribution in [0.25, 0.3) is 0 Å². The molecule has 7 nitrogen and oxygen atoms in total. The standard InChI is InChI=1S/C6H14N2O2.3H2O/c7-4-2-1-3-5(8)6(9)10;;;/h5H,1-4,7-8H2,(H,9,10);3*1H2. The second-order valence-electron chi connectivity index (χ2n) is 2.23. The SMILES string of the molecule is NCCCCC(N)C(=O)O.O.O.O. The molecule has 0 heterocycles. The van der Waals surface area contributed by atoms with E-state index in [1.807, 2.05) is 0 Å². The Bertz CT molecular complexity index is 111. The van der Waals surface area contributed by atoms with Gasteiger partial charge < -0.3 is 33.0 Å². The molecule has 13 heavy (non-hydrogen) atoms. The number of rotatable bonds is 5. The minimum absolute atomic E-state index is 0. The van der Waals surface area contributed by atoms with Gasteiger partial charge >= 0.3 is 5.97 Å². The fourth-order valence-corrected chi connectivity index (χ4v) is 0.632. The van der Waals surface area contributed by atoms with Crippen LogP contribution in [0.5, 0.6) is 0 Å². The first-order chi connectivity index (χ1) is 4.68. The van der Waals surface area contributed by atoms with E-state index in [9.17, 15) is 4.79 Å². The minimum atomic E-state index is -0.933. The van der Waals surface area contributed by atoms with Crippen molar-refractivity contribution < 1.29 is 26.3 Å². The maximum atomic E-state index is 10.1. The van der Waals surface area contributed by atoms with Gasteiger partial charge in [0.25, 0.3) is 0 Å². The Morgan fingerprint density at radius 2 is 1.69 bits per heavy atom. The second kappa shape index (κ2) is 13.8. The zero-order chi connectivity index (χ0) is 7.98. The highest BCUT2D eigenvalue weighted by Crippen LogP contribution is 1.96. The lowest BCUT2D eigenvalue weighted by atomic mass is 10.1. The summed E-state index contributed by atoms with van der Waals surface area (Å²) in [4.78, 5) is 10.1. The maximum Gasteiger partial charge on any atom is 0.320 e. The van der Waals surface area contributed by atoms with Crippen LogP contribution in [-0.4, -0.2) is 40.1 Å². The van der Waals surface area contributed by atoms with Gasteiger partial charge in [0, 0.05) is 0 Å². The minimum Gasteiger partial charge on any atom is -0.480 e. The first-order valence-corrected chi connectivity index (χ1v) is 3.37. The van der Waals surface area contributed by atoms with Crippen molar-refractivity contribution in [2.45, 2.75) is 25.3 Å². The number of hydrogen-bond donors (Lipinski definition) is 3. The Kier molecular flexibility index (Phi) is 24.2. The fourth-order valence-electron chi connectivity index (χ4n) is 0.632. The van der Waals surface area contributed by atoms with E-state index in [0.717, 1.165) is 12.8 Å². The van der Waals surface area contributed by atoms with Crippen LogP contribution in [0.4, 0.5) is 0 Å². The van der Waals surface area contributed by atoms with E-state index in [2.05, 4.69) is 0 Å². The van der Waals surface area contributed by atoms with E-state index in [1.54, 1.807) is 0 Å². The van der Waals surface area contributed by atoms with Gasteiger partial charge in [-0.05, 0) is 19.4 Å². The quantitative estimate of drug-likeness (QED) is 0.401. The lowest BCUT2D eigenvalue weighted by Crippen LogP contribution is -2.29. The molecule has 0 fully saturated rings. The summed E-state index contributed by atoms with van der Waals surface area (Å²) in [6.45, 7) is 0.604. The third-order valence-electron chi connectivity index (χ3n) is 1.29. The van der Waals surface area contributed by atoms with Crippen molar-refractivity contribution in [1.29, 1.82) is 0 Å². The molecule has 0 amide bonds. The van der Waals surface area contributed by atoms with Crippen LogP contribution in [0.3, 0.4) is 0 Å². The summed E-state index contributed by atoms with van der Waals surface area (Å²) in [5, 5.41) is 8.33. The number of carbonyl (C=O) groups is 1. The molecule has 0 saturated heterocycles. The Morgan fingerprint density at radius 3 is 2.00 bits per heavy atom. The summed E-state index contributed by atoms with van der Waals surface area (Å²) < 4.78 is 0. The molecule has 0 aromatic rings. The van der Waals surface area contributed by atoms with Gasteiger partial charge in [-0.3, -0.25) is 4.79 Å². The third kappa shape index (κ3) is 14.2. The summed E-state index contributed by atoms with van der Waals surface area (Å²) in [5.74, 6) is -0.933. The number of hydrogen-bond acceptors (Lipinski definition) is 3. The van der Waals surface area contributed by atoms with Crippen LogP contribution in [0.15, 0.2) is 0 Å². The van der Waals surface area contributed by atoms with Gasteiger partial charge in [0.2, 0.25) is 0 Å². The van der Waals surface area contributed by atoms with E-state index < -0.39 is 12.0 Å². The highest BCUT2D eigenvalue weighted by Gasteiger charge is 2.09. The first kappa shape index (κ1) is 22.8. The lowest BCUT2D eigenvalue weighted by Gasteiger charge is -2.03. The molecule has 7 heteroatoms. The van der Waals surface area contributed by atoms with E-state index in [1.165, 1.54) is 0 Å². The molecule has 0 saturated carbocycles. The summed E-state index contributed by atoms with van der Waals surface area (Å²) in [6.07, 6.45) is 2.16. The van der Waals surface area contributed by atoms with Crippen molar-refractivity contribution >= 4 is 5.97 Å². The Balaban J connectivity index is -0.000000135. The molecule has 0 rings (SSSR count). The van der Waals surface area contributed by atoms with Gasteiger partial charge in [-0.25, -0.2) is 0 Å². The number of carboxylic acid groups (broad SMARTS) is 1. The monoisotopic (exact) mass is 200 g/mol. The van der Waals surface area contributed by atoms with E-state index in [-0.39, 0.29) is 16.4 Å². The lowest BCUT2D eigenvalue weighted by molar-refractivity contribution is -0.138. The third-order valence-corrected chi connectivity index (χ3v) is 1.29. The van der Waals surface area contributed by atoms with Crippen molar-refractivity contribution in [1.82, 2.24) is 0 Å². The van der Waals surface area contributed by atoms with Crippen molar-refractivity contribution in [2.24, 2.45) is 11.5 Å². The predicted molar refractivity (Wildman–Crippen MR) is 49.4 cm³/mol. The van der Waals surface area contributed by atoms with Crippen molar-refractivity contribution in [3.05, 3.63) is 0 Å². The summed E-state index contributed by atoms with van der Waals surface area (Å²) in [6, 6.07) is -0.716. The number of carboxylic acids is 1. The molecule has 0 spiro atoms. The average molecular weight is 200 g/mol. The number of aliphatic carboxylic acids is 1. The summed E-state index contributed by atoms with van der Waals surface area (Å²) in [5.41, 5.74) is 10.4.